The first-order valence-electron chi connectivity index (χ1n) is 3.65. The third-order valence-electron chi connectivity index (χ3n) is 1.31. The minimum absolute atomic E-state index is 0.307. The van der Waals surface area contributed by atoms with Gasteiger partial charge < -0.3 is 10.0 Å². The van der Waals surface area contributed by atoms with Crippen molar-refractivity contribution in [2.45, 2.75) is 13.8 Å². The van der Waals surface area contributed by atoms with E-state index >= 15 is 0 Å². The fourth-order valence-electron chi connectivity index (χ4n) is 0.788. The summed E-state index contributed by atoms with van der Waals surface area (Å²) in [6.07, 6.45) is 0. The number of hydrogen-bond acceptors (Lipinski definition) is 2. The molecule has 0 fully saturated rings. The summed E-state index contributed by atoms with van der Waals surface area (Å²) in [6, 6.07) is 0. The fraction of sp³-hybridized carbons (Fsp3) is 0.500. The molecule has 0 spiro atoms. The van der Waals surface area contributed by atoms with Crippen molar-refractivity contribution in [2.24, 2.45) is 0 Å². The summed E-state index contributed by atoms with van der Waals surface area (Å²) in [6.45, 7) is 7.77. The summed E-state index contributed by atoms with van der Waals surface area (Å²) in [5, 5.41) is 8.38. The maximum absolute atomic E-state index is 10.9. The maximum atomic E-state index is 10.9. The third-order valence-corrected chi connectivity index (χ3v) is 1.31. The van der Waals surface area contributed by atoms with Gasteiger partial charge in [-0.25, -0.2) is 4.79 Å². The van der Waals surface area contributed by atoms with Crippen molar-refractivity contribution in [2.75, 3.05) is 13.1 Å². The molecule has 4 heteroatoms. The molecule has 0 atom stereocenters. The van der Waals surface area contributed by atoms with E-state index in [2.05, 4.69) is 6.58 Å². The van der Waals surface area contributed by atoms with Gasteiger partial charge in [0, 0.05) is 13.1 Å². The first-order chi connectivity index (χ1) is 5.49. The van der Waals surface area contributed by atoms with Crippen LogP contribution in [-0.2, 0) is 9.59 Å². The van der Waals surface area contributed by atoms with Crippen LogP contribution in [0.25, 0.3) is 0 Å². The van der Waals surface area contributed by atoms with Crippen LogP contribution in [0.2, 0.25) is 0 Å². The van der Waals surface area contributed by atoms with E-state index in [0.29, 0.717) is 13.1 Å². The highest BCUT2D eigenvalue weighted by Gasteiger charge is 2.18. The van der Waals surface area contributed by atoms with Gasteiger partial charge in [0.15, 0.2) is 0 Å². The molecule has 12 heavy (non-hydrogen) atoms. The summed E-state index contributed by atoms with van der Waals surface area (Å²) < 4.78 is 0. The second kappa shape index (κ2) is 4.54. The number of nitrogens with zero attached hydrogens (tertiary/aromatic N) is 1. The first-order valence-corrected chi connectivity index (χ1v) is 3.65. The molecule has 0 heterocycles. The molecule has 0 aromatic carbocycles. The van der Waals surface area contributed by atoms with Crippen molar-refractivity contribution >= 4 is 11.9 Å². The fourth-order valence-corrected chi connectivity index (χ4v) is 0.788. The van der Waals surface area contributed by atoms with Crippen LogP contribution in [0.15, 0.2) is 12.2 Å². The van der Waals surface area contributed by atoms with E-state index in [9.17, 15) is 9.59 Å². The Kier molecular flexibility index (Phi) is 4.04. The van der Waals surface area contributed by atoms with Gasteiger partial charge >= 0.3 is 11.9 Å². The van der Waals surface area contributed by atoms with Gasteiger partial charge in [0.25, 0.3) is 0 Å². The van der Waals surface area contributed by atoms with Crippen LogP contribution < -0.4 is 0 Å². The lowest BCUT2D eigenvalue weighted by Crippen LogP contribution is -2.37. The number of aliphatic carboxylic acids is 1. The van der Waals surface area contributed by atoms with Gasteiger partial charge in [0.05, 0.1) is 0 Å². The van der Waals surface area contributed by atoms with Gasteiger partial charge in [-0.05, 0) is 13.8 Å². The van der Waals surface area contributed by atoms with Crippen molar-refractivity contribution in [1.29, 1.82) is 0 Å². The molecule has 0 aromatic rings. The van der Waals surface area contributed by atoms with Crippen molar-refractivity contribution < 1.29 is 14.7 Å². The molecule has 0 saturated heterocycles. The lowest BCUT2D eigenvalue weighted by atomic mass is 10.3. The number of carbonyl (C=O) groups is 2. The standard InChI is InChI=1S/C8H13NO3/c1-4-9(5-6(2)3)7(10)8(11)12/h2,4-5H2,1,3H3,(H,11,12). The summed E-state index contributed by atoms with van der Waals surface area (Å²) in [7, 11) is 0. The lowest BCUT2D eigenvalue weighted by molar-refractivity contribution is -0.155. The largest absolute Gasteiger partial charge is 0.474 e. The van der Waals surface area contributed by atoms with Crippen molar-refractivity contribution in [3.05, 3.63) is 12.2 Å². The summed E-state index contributed by atoms with van der Waals surface area (Å²) >= 11 is 0. The van der Waals surface area contributed by atoms with Gasteiger partial charge in [-0.3, -0.25) is 4.79 Å². The predicted molar refractivity (Wildman–Crippen MR) is 44.7 cm³/mol. The average Bonchev–Trinajstić information content (AvgIpc) is 1.98. The van der Waals surface area contributed by atoms with Crippen LogP contribution in [0.3, 0.4) is 0 Å². The van der Waals surface area contributed by atoms with Crippen molar-refractivity contribution in [1.82, 2.24) is 4.90 Å². The van der Waals surface area contributed by atoms with Crippen LogP contribution in [0.1, 0.15) is 13.8 Å². The highest BCUT2D eigenvalue weighted by molar-refractivity contribution is 6.31. The summed E-state index contributed by atoms with van der Waals surface area (Å²) in [4.78, 5) is 22.4. The highest BCUT2D eigenvalue weighted by atomic mass is 16.4. The first kappa shape index (κ1) is 10.7. The lowest BCUT2D eigenvalue weighted by Gasteiger charge is -2.17. The van der Waals surface area contributed by atoms with Gasteiger partial charge in [0.1, 0.15) is 0 Å². The molecule has 0 radical (unpaired) electrons. The number of hydrogen-bond donors (Lipinski definition) is 1. The Morgan fingerprint density at radius 1 is 1.50 bits per heavy atom. The molecule has 0 saturated carbocycles. The monoisotopic (exact) mass is 171 g/mol. The van der Waals surface area contributed by atoms with Crippen molar-refractivity contribution in [3.8, 4) is 0 Å². The van der Waals surface area contributed by atoms with E-state index in [-0.39, 0.29) is 0 Å². The summed E-state index contributed by atoms with van der Waals surface area (Å²) in [5.41, 5.74) is 0.770. The highest BCUT2D eigenvalue weighted by Crippen LogP contribution is 1.96. The van der Waals surface area contributed by atoms with Crippen LogP contribution in [0, 0.1) is 0 Å². The quantitative estimate of drug-likeness (QED) is 0.496. The molecule has 1 amide bonds. The zero-order valence-corrected chi connectivity index (χ0v) is 7.33. The topological polar surface area (TPSA) is 57.6 Å². The predicted octanol–water partition coefficient (Wildman–Crippen LogP) is 0.496. The Labute approximate surface area is 71.5 Å². The molecule has 0 bridgehead atoms. The van der Waals surface area contributed by atoms with Crippen LogP contribution in [0.5, 0.6) is 0 Å². The minimum Gasteiger partial charge on any atom is -0.474 e. The molecule has 0 rings (SSSR count). The molecule has 0 aliphatic carbocycles. The minimum atomic E-state index is -1.42. The number of carboxylic acid groups (broad SMARTS) is 1. The van der Waals surface area contributed by atoms with E-state index < -0.39 is 11.9 Å². The van der Waals surface area contributed by atoms with Crippen LogP contribution in [0.4, 0.5) is 0 Å². The van der Waals surface area contributed by atoms with Crippen LogP contribution >= 0.6 is 0 Å². The zero-order valence-electron chi connectivity index (χ0n) is 7.33. The number of carbonyl (C=O) groups excluding carboxylic acids is 1. The van der Waals surface area contributed by atoms with Gasteiger partial charge in [-0.1, -0.05) is 12.2 Å². The Balaban J connectivity index is 4.24. The molecule has 68 valence electrons. The Morgan fingerprint density at radius 3 is 2.25 bits per heavy atom. The molecule has 0 aliphatic rings. The van der Waals surface area contributed by atoms with E-state index in [4.69, 9.17) is 5.11 Å². The smallest absolute Gasteiger partial charge is 0.394 e. The van der Waals surface area contributed by atoms with Gasteiger partial charge in [0.2, 0.25) is 0 Å². The molecular formula is C8H13NO3. The SMILES string of the molecule is C=C(C)CN(CC)C(=O)C(=O)O. The Bertz CT molecular complexity index is 210. The number of rotatable bonds is 3. The number of amides is 1. The summed E-state index contributed by atoms with van der Waals surface area (Å²) in [5.74, 6) is -2.29. The zero-order chi connectivity index (χ0) is 9.72. The number of likely N-dealkylation sites (N-methyl/N-ethyl adjacent to an activating group) is 1. The second-order valence-corrected chi connectivity index (χ2v) is 2.58. The van der Waals surface area contributed by atoms with Gasteiger partial charge in [-0.15, -0.1) is 0 Å². The molecule has 0 aliphatic heterocycles. The molecule has 4 nitrogen and oxygen atoms in total. The Hall–Kier alpha value is -1.32. The molecular weight excluding hydrogens is 158 g/mol. The van der Waals surface area contributed by atoms with Crippen molar-refractivity contribution in [3.63, 3.8) is 0 Å². The van der Waals surface area contributed by atoms with E-state index in [1.807, 2.05) is 0 Å². The molecule has 0 unspecified atom stereocenters. The Morgan fingerprint density at radius 2 is 2.00 bits per heavy atom. The normalized spacial score (nSPS) is 9.17. The van der Waals surface area contributed by atoms with E-state index in [0.717, 1.165) is 5.57 Å². The number of carboxylic acids is 1. The van der Waals surface area contributed by atoms with E-state index in [1.54, 1.807) is 13.8 Å². The molecule has 1 N–H and O–H groups in total. The van der Waals surface area contributed by atoms with Crippen LogP contribution in [-0.4, -0.2) is 35.0 Å². The van der Waals surface area contributed by atoms with E-state index in [1.165, 1.54) is 4.90 Å². The second-order valence-electron chi connectivity index (χ2n) is 2.58. The maximum Gasteiger partial charge on any atom is 0.394 e. The average molecular weight is 171 g/mol. The van der Waals surface area contributed by atoms with Gasteiger partial charge in [-0.2, -0.15) is 0 Å². The third kappa shape index (κ3) is 3.18. The molecule has 0 aromatic heterocycles.